The van der Waals surface area contributed by atoms with Gasteiger partial charge in [-0.2, -0.15) is 0 Å². The Morgan fingerprint density at radius 1 is 1.15 bits per heavy atom. The number of amides is 2. The standard InChI is InChI=1S/C15H27N3O2/c1-17-14(19)11-6-8-18(9-7-11)15(20)13-5-3-2-4-12(13)10-16/h11-13H,2-10,16H2,1H3,(H,17,19). The molecule has 2 fully saturated rings. The van der Waals surface area contributed by atoms with E-state index in [9.17, 15) is 9.59 Å². The van der Waals surface area contributed by atoms with Crippen LogP contribution in [0.3, 0.4) is 0 Å². The van der Waals surface area contributed by atoms with Crippen molar-refractivity contribution in [3.63, 3.8) is 0 Å². The minimum atomic E-state index is 0.0701. The quantitative estimate of drug-likeness (QED) is 0.801. The highest BCUT2D eigenvalue weighted by Gasteiger charge is 2.35. The average molecular weight is 281 g/mol. The summed E-state index contributed by atoms with van der Waals surface area (Å²) >= 11 is 0. The molecular formula is C15H27N3O2. The lowest BCUT2D eigenvalue weighted by atomic mass is 9.78. The summed E-state index contributed by atoms with van der Waals surface area (Å²) in [5.74, 6) is 0.920. The third-order valence-corrected chi connectivity index (χ3v) is 4.95. The molecule has 1 aliphatic carbocycles. The van der Waals surface area contributed by atoms with E-state index in [1.165, 1.54) is 6.42 Å². The first-order valence-electron chi connectivity index (χ1n) is 7.87. The van der Waals surface area contributed by atoms with Gasteiger partial charge in [-0.3, -0.25) is 9.59 Å². The van der Waals surface area contributed by atoms with E-state index in [4.69, 9.17) is 5.73 Å². The maximum absolute atomic E-state index is 12.6. The van der Waals surface area contributed by atoms with Gasteiger partial charge in [0.05, 0.1) is 0 Å². The molecule has 0 aromatic heterocycles. The summed E-state index contributed by atoms with van der Waals surface area (Å²) in [6.07, 6.45) is 5.97. The average Bonchev–Trinajstić information content (AvgIpc) is 2.53. The fraction of sp³-hybridized carbons (Fsp3) is 0.867. The lowest BCUT2D eigenvalue weighted by Crippen LogP contribution is -2.47. The van der Waals surface area contributed by atoms with E-state index < -0.39 is 0 Å². The first-order valence-corrected chi connectivity index (χ1v) is 7.87. The van der Waals surface area contributed by atoms with E-state index in [-0.39, 0.29) is 23.7 Å². The lowest BCUT2D eigenvalue weighted by Gasteiger charge is -2.37. The highest BCUT2D eigenvalue weighted by Crippen LogP contribution is 2.32. The van der Waals surface area contributed by atoms with Crippen LogP contribution < -0.4 is 11.1 Å². The van der Waals surface area contributed by atoms with Crippen molar-refractivity contribution >= 4 is 11.8 Å². The van der Waals surface area contributed by atoms with Gasteiger partial charge >= 0.3 is 0 Å². The molecule has 1 heterocycles. The molecule has 0 radical (unpaired) electrons. The van der Waals surface area contributed by atoms with Crippen molar-refractivity contribution in [1.29, 1.82) is 0 Å². The molecule has 1 saturated carbocycles. The second-order valence-electron chi connectivity index (χ2n) is 6.10. The van der Waals surface area contributed by atoms with E-state index in [1.54, 1.807) is 7.05 Å². The molecule has 2 rings (SSSR count). The summed E-state index contributed by atoms with van der Waals surface area (Å²) in [6, 6.07) is 0. The van der Waals surface area contributed by atoms with Gasteiger partial charge in [0.1, 0.15) is 0 Å². The number of hydrogen-bond acceptors (Lipinski definition) is 3. The number of likely N-dealkylation sites (tertiary alicyclic amines) is 1. The third-order valence-electron chi connectivity index (χ3n) is 4.95. The van der Waals surface area contributed by atoms with E-state index in [2.05, 4.69) is 5.32 Å². The Bertz CT molecular complexity index is 351. The van der Waals surface area contributed by atoms with Crippen molar-refractivity contribution in [2.45, 2.75) is 38.5 Å². The fourth-order valence-electron chi connectivity index (χ4n) is 3.62. The molecule has 5 heteroatoms. The SMILES string of the molecule is CNC(=O)C1CCN(C(=O)C2CCCCC2CN)CC1. The molecule has 2 unspecified atom stereocenters. The molecule has 0 bridgehead atoms. The summed E-state index contributed by atoms with van der Waals surface area (Å²) in [4.78, 5) is 26.2. The second kappa shape index (κ2) is 7.07. The van der Waals surface area contributed by atoms with E-state index in [0.717, 1.165) is 32.1 Å². The Morgan fingerprint density at radius 2 is 1.80 bits per heavy atom. The number of rotatable bonds is 3. The normalized spacial score (nSPS) is 28.2. The highest BCUT2D eigenvalue weighted by atomic mass is 16.2. The molecule has 0 aromatic carbocycles. The number of piperidine rings is 1. The van der Waals surface area contributed by atoms with Crippen LogP contribution in [0.1, 0.15) is 38.5 Å². The fourth-order valence-corrected chi connectivity index (χ4v) is 3.62. The predicted molar refractivity (Wildman–Crippen MR) is 77.9 cm³/mol. The van der Waals surface area contributed by atoms with Gasteiger partial charge in [-0.05, 0) is 38.1 Å². The molecule has 2 amide bonds. The van der Waals surface area contributed by atoms with Crippen LogP contribution in [0.5, 0.6) is 0 Å². The Balaban J connectivity index is 1.89. The summed E-state index contributed by atoms with van der Waals surface area (Å²) < 4.78 is 0. The lowest BCUT2D eigenvalue weighted by molar-refractivity contribution is -0.141. The molecule has 0 spiro atoms. The molecule has 2 aliphatic rings. The van der Waals surface area contributed by atoms with E-state index in [1.807, 2.05) is 4.90 Å². The van der Waals surface area contributed by atoms with Crippen molar-refractivity contribution in [3.8, 4) is 0 Å². The van der Waals surface area contributed by atoms with Gasteiger partial charge in [0.25, 0.3) is 0 Å². The number of carbonyl (C=O) groups excluding carboxylic acids is 2. The Labute approximate surface area is 121 Å². The number of nitrogens with one attached hydrogen (secondary N) is 1. The van der Waals surface area contributed by atoms with Gasteiger partial charge in [0, 0.05) is 32.0 Å². The largest absolute Gasteiger partial charge is 0.359 e. The third kappa shape index (κ3) is 3.32. The first kappa shape index (κ1) is 15.3. The van der Waals surface area contributed by atoms with Crippen LogP contribution >= 0.6 is 0 Å². The molecule has 20 heavy (non-hydrogen) atoms. The smallest absolute Gasteiger partial charge is 0.226 e. The molecule has 114 valence electrons. The topological polar surface area (TPSA) is 75.4 Å². The zero-order valence-electron chi connectivity index (χ0n) is 12.4. The van der Waals surface area contributed by atoms with Crippen LogP contribution in [0.4, 0.5) is 0 Å². The van der Waals surface area contributed by atoms with Gasteiger partial charge in [0.15, 0.2) is 0 Å². The van der Waals surface area contributed by atoms with Gasteiger partial charge in [-0.25, -0.2) is 0 Å². The number of hydrogen-bond donors (Lipinski definition) is 2. The maximum atomic E-state index is 12.6. The Kier molecular flexibility index (Phi) is 5.40. The molecule has 1 aliphatic heterocycles. The van der Waals surface area contributed by atoms with E-state index in [0.29, 0.717) is 25.6 Å². The van der Waals surface area contributed by atoms with Crippen LogP contribution in [0.15, 0.2) is 0 Å². The number of carbonyl (C=O) groups is 2. The zero-order valence-corrected chi connectivity index (χ0v) is 12.4. The van der Waals surface area contributed by atoms with Crippen molar-refractivity contribution in [3.05, 3.63) is 0 Å². The Hall–Kier alpha value is -1.10. The summed E-state index contributed by atoms with van der Waals surface area (Å²) in [5.41, 5.74) is 5.82. The van der Waals surface area contributed by atoms with Crippen LogP contribution in [0.2, 0.25) is 0 Å². The van der Waals surface area contributed by atoms with Crippen LogP contribution in [0.25, 0.3) is 0 Å². The molecule has 5 nitrogen and oxygen atoms in total. The second-order valence-corrected chi connectivity index (χ2v) is 6.10. The maximum Gasteiger partial charge on any atom is 0.226 e. The zero-order chi connectivity index (χ0) is 14.5. The molecule has 3 N–H and O–H groups in total. The molecule has 1 saturated heterocycles. The molecular weight excluding hydrogens is 254 g/mol. The Morgan fingerprint density at radius 3 is 2.40 bits per heavy atom. The number of nitrogens with two attached hydrogens (primary N) is 1. The van der Waals surface area contributed by atoms with Crippen molar-refractivity contribution in [2.24, 2.45) is 23.5 Å². The number of nitrogens with zero attached hydrogens (tertiary/aromatic N) is 1. The van der Waals surface area contributed by atoms with Crippen LogP contribution in [-0.4, -0.2) is 43.4 Å². The van der Waals surface area contributed by atoms with Gasteiger partial charge in [-0.1, -0.05) is 12.8 Å². The van der Waals surface area contributed by atoms with Crippen molar-refractivity contribution < 1.29 is 9.59 Å². The van der Waals surface area contributed by atoms with Crippen LogP contribution in [0, 0.1) is 17.8 Å². The first-order chi connectivity index (χ1) is 9.67. The van der Waals surface area contributed by atoms with Crippen molar-refractivity contribution in [1.82, 2.24) is 10.2 Å². The molecule has 0 aromatic rings. The van der Waals surface area contributed by atoms with Gasteiger partial charge in [0.2, 0.25) is 11.8 Å². The summed E-state index contributed by atoms with van der Waals surface area (Å²) in [5, 5.41) is 2.70. The van der Waals surface area contributed by atoms with Gasteiger partial charge < -0.3 is 16.0 Å². The summed E-state index contributed by atoms with van der Waals surface area (Å²) in [7, 11) is 1.67. The predicted octanol–water partition coefficient (Wildman–Crippen LogP) is 0.736. The van der Waals surface area contributed by atoms with Gasteiger partial charge in [-0.15, -0.1) is 0 Å². The van der Waals surface area contributed by atoms with Crippen molar-refractivity contribution in [2.75, 3.05) is 26.7 Å². The monoisotopic (exact) mass is 281 g/mol. The minimum absolute atomic E-state index is 0.0701. The molecule has 2 atom stereocenters. The van der Waals surface area contributed by atoms with Crippen LogP contribution in [-0.2, 0) is 9.59 Å². The summed E-state index contributed by atoms with van der Waals surface area (Å²) in [6.45, 7) is 2.04. The van der Waals surface area contributed by atoms with E-state index >= 15 is 0 Å². The minimum Gasteiger partial charge on any atom is -0.359 e. The highest BCUT2D eigenvalue weighted by molar-refractivity contribution is 5.81.